The Morgan fingerprint density at radius 1 is 1.35 bits per heavy atom. The molecule has 0 aliphatic heterocycles. The van der Waals surface area contributed by atoms with Crippen molar-refractivity contribution in [2.24, 2.45) is 5.92 Å². The molecule has 1 rings (SSSR count). The van der Waals surface area contributed by atoms with Crippen molar-refractivity contribution in [3.05, 3.63) is 37.9 Å². The summed E-state index contributed by atoms with van der Waals surface area (Å²) in [6.07, 6.45) is 0.815. The lowest BCUT2D eigenvalue weighted by atomic mass is 10.0. The van der Waals surface area contributed by atoms with Gasteiger partial charge in [-0.05, 0) is 25.3 Å². The molecule has 0 aliphatic carbocycles. The lowest BCUT2D eigenvalue weighted by Crippen LogP contribution is -2.33. The Morgan fingerprint density at radius 3 is 2.45 bits per heavy atom. The van der Waals surface area contributed by atoms with Gasteiger partial charge in [0.25, 0.3) is 11.6 Å². The van der Waals surface area contributed by atoms with Gasteiger partial charge in [0.1, 0.15) is 5.02 Å². The highest BCUT2D eigenvalue weighted by atomic mass is 35.5. The summed E-state index contributed by atoms with van der Waals surface area (Å²) in [6.45, 7) is 5.98. The van der Waals surface area contributed by atoms with Gasteiger partial charge in [0.15, 0.2) is 0 Å². The number of nitro groups is 1. The van der Waals surface area contributed by atoms with Gasteiger partial charge < -0.3 is 5.32 Å². The van der Waals surface area contributed by atoms with E-state index in [0.29, 0.717) is 5.92 Å². The minimum atomic E-state index is -0.664. The van der Waals surface area contributed by atoms with Crippen LogP contribution in [-0.4, -0.2) is 16.9 Å². The third-order valence-corrected chi connectivity index (χ3v) is 3.46. The molecular weight excluding hydrogens is 303 g/mol. The van der Waals surface area contributed by atoms with Crippen molar-refractivity contribution >= 4 is 34.8 Å². The van der Waals surface area contributed by atoms with Crippen LogP contribution in [0.1, 0.15) is 37.6 Å². The Morgan fingerprint density at radius 2 is 1.95 bits per heavy atom. The first-order valence-corrected chi connectivity index (χ1v) is 6.92. The summed E-state index contributed by atoms with van der Waals surface area (Å²) >= 11 is 11.5. The number of hydrogen-bond donors (Lipinski definition) is 1. The first kappa shape index (κ1) is 16.7. The third kappa shape index (κ3) is 4.35. The van der Waals surface area contributed by atoms with E-state index in [0.717, 1.165) is 12.5 Å². The van der Waals surface area contributed by atoms with Crippen molar-refractivity contribution in [2.45, 2.75) is 33.2 Å². The molecule has 0 saturated heterocycles. The summed E-state index contributed by atoms with van der Waals surface area (Å²) < 4.78 is 0. The smallest absolute Gasteiger partial charge is 0.290 e. The molecule has 0 aliphatic rings. The second kappa shape index (κ2) is 6.90. The second-order valence-corrected chi connectivity index (χ2v) is 5.84. The monoisotopic (exact) mass is 318 g/mol. The number of carbonyl (C=O) groups excluding carboxylic acids is 1. The second-order valence-electron chi connectivity index (χ2n) is 5.05. The summed E-state index contributed by atoms with van der Waals surface area (Å²) in [5.74, 6) is 0.0354. The maximum absolute atomic E-state index is 12.0. The van der Waals surface area contributed by atoms with E-state index in [4.69, 9.17) is 23.2 Å². The van der Waals surface area contributed by atoms with Gasteiger partial charge in [0, 0.05) is 17.7 Å². The van der Waals surface area contributed by atoms with E-state index in [1.165, 1.54) is 6.07 Å². The molecule has 20 heavy (non-hydrogen) atoms. The molecular formula is C13H16Cl2N2O3. The SMILES string of the molecule is CC(C)CC(C)NC(=O)c1cc(Cl)c(Cl)c([N+](=O)[O-])c1. The van der Waals surface area contributed by atoms with E-state index < -0.39 is 10.8 Å². The molecule has 0 saturated carbocycles. The molecule has 0 radical (unpaired) electrons. The van der Waals surface area contributed by atoms with Crippen molar-refractivity contribution in [3.63, 3.8) is 0 Å². The number of benzene rings is 1. The van der Waals surface area contributed by atoms with Crippen LogP contribution >= 0.6 is 23.2 Å². The standard InChI is InChI=1S/C13H16Cl2N2O3/c1-7(2)4-8(3)16-13(18)9-5-10(14)12(15)11(6-9)17(19)20/h5-8H,4H2,1-3H3,(H,16,18). The van der Waals surface area contributed by atoms with Gasteiger partial charge in [-0.25, -0.2) is 0 Å². The molecule has 7 heteroatoms. The largest absolute Gasteiger partial charge is 0.350 e. The van der Waals surface area contributed by atoms with Gasteiger partial charge in [-0.15, -0.1) is 0 Å². The number of nitrogens with zero attached hydrogens (tertiary/aromatic N) is 1. The van der Waals surface area contributed by atoms with Gasteiger partial charge in [-0.3, -0.25) is 14.9 Å². The van der Waals surface area contributed by atoms with E-state index in [9.17, 15) is 14.9 Å². The fourth-order valence-corrected chi connectivity index (χ4v) is 2.30. The van der Waals surface area contributed by atoms with Crippen LogP contribution in [0.4, 0.5) is 5.69 Å². The maximum Gasteiger partial charge on any atom is 0.290 e. The van der Waals surface area contributed by atoms with Crippen LogP contribution in [0.15, 0.2) is 12.1 Å². The molecule has 0 heterocycles. The molecule has 1 atom stereocenters. The lowest BCUT2D eigenvalue weighted by Gasteiger charge is -2.16. The van der Waals surface area contributed by atoms with Gasteiger partial charge in [-0.2, -0.15) is 0 Å². The zero-order chi connectivity index (χ0) is 15.4. The number of amides is 1. The number of halogens is 2. The molecule has 110 valence electrons. The fourth-order valence-electron chi connectivity index (χ4n) is 1.91. The first-order valence-electron chi connectivity index (χ1n) is 6.16. The summed E-state index contributed by atoms with van der Waals surface area (Å²) in [7, 11) is 0. The molecule has 5 nitrogen and oxygen atoms in total. The molecule has 1 aromatic rings. The Bertz CT molecular complexity index is 533. The van der Waals surface area contributed by atoms with E-state index >= 15 is 0 Å². The lowest BCUT2D eigenvalue weighted by molar-refractivity contribution is -0.384. The molecule has 0 spiro atoms. The number of nitro benzene ring substituents is 1. The van der Waals surface area contributed by atoms with Crippen molar-refractivity contribution in [3.8, 4) is 0 Å². The predicted octanol–water partition coefficient (Wildman–Crippen LogP) is 4.07. The zero-order valence-electron chi connectivity index (χ0n) is 11.4. The van der Waals surface area contributed by atoms with Crippen LogP contribution in [-0.2, 0) is 0 Å². The van der Waals surface area contributed by atoms with Crippen molar-refractivity contribution in [1.29, 1.82) is 0 Å². The number of carbonyl (C=O) groups is 1. The number of nitrogens with one attached hydrogen (secondary N) is 1. The molecule has 0 aromatic heterocycles. The molecule has 1 unspecified atom stereocenters. The molecule has 1 amide bonds. The quantitative estimate of drug-likeness (QED) is 0.657. The number of hydrogen-bond acceptors (Lipinski definition) is 3. The van der Waals surface area contributed by atoms with Crippen LogP contribution in [0, 0.1) is 16.0 Å². The number of rotatable bonds is 5. The summed E-state index contributed by atoms with van der Waals surface area (Å²) in [5.41, 5.74) is -0.248. The predicted molar refractivity (Wildman–Crippen MR) is 79.5 cm³/mol. The van der Waals surface area contributed by atoms with Crippen LogP contribution in [0.2, 0.25) is 10.0 Å². The van der Waals surface area contributed by atoms with E-state index in [1.807, 2.05) is 20.8 Å². The zero-order valence-corrected chi connectivity index (χ0v) is 13.0. The van der Waals surface area contributed by atoms with Gasteiger partial charge in [-0.1, -0.05) is 37.0 Å². The van der Waals surface area contributed by atoms with Crippen molar-refractivity contribution in [2.75, 3.05) is 0 Å². The average molecular weight is 319 g/mol. The van der Waals surface area contributed by atoms with Crippen LogP contribution < -0.4 is 5.32 Å². The van der Waals surface area contributed by atoms with E-state index in [-0.39, 0.29) is 27.3 Å². The topological polar surface area (TPSA) is 72.2 Å². The summed E-state index contributed by atoms with van der Waals surface area (Å²) in [6, 6.07) is 2.43. The average Bonchev–Trinajstić information content (AvgIpc) is 2.30. The summed E-state index contributed by atoms with van der Waals surface area (Å²) in [4.78, 5) is 22.2. The van der Waals surface area contributed by atoms with Crippen LogP contribution in [0.3, 0.4) is 0 Å². The van der Waals surface area contributed by atoms with Crippen LogP contribution in [0.25, 0.3) is 0 Å². The summed E-state index contributed by atoms with van der Waals surface area (Å²) in [5, 5.41) is 13.4. The van der Waals surface area contributed by atoms with Gasteiger partial charge >= 0.3 is 0 Å². The van der Waals surface area contributed by atoms with Gasteiger partial charge in [0.05, 0.1) is 9.95 Å². The Balaban J connectivity index is 2.97. The molecule has 1 N–H and O–H groups in total. The molecule has 1 aromatic carbocycles. The highest BCUT2D eigenvalue weighted by Crippen LogP contribution is 2.33. The van der Waals surface area contributed by atoms with Crippen molar-refractivity contribution < 1.29 is 9.72 Å². The molecule has 0 bridgehead atoms. The molecule has 0 fully saturated rings. The fraction of sp³-hybridized carbons (Fsp3) is 0.462. The highest BCUT2D eigenvalue weighted by Gasteiger charge is 2.20. The van der Waals surface area contributed by atoms with Crippen LogP contribution in [0.5, 0.6) is 0 Å². The van der Waals surface area contributed by atoms with Gasteiger partial charge in [0.2, 0.25) is 0 Å². The minimum Gasteiger partial charge on any atom is -0.350 e. The van der Waals surface area contributed by atoms with E-state index in [2.05, 4.69) is 5.32 Å². The Kier molecular flexibility index (Phi) is 5.77. The highest BCUT2D eigenvalue weighted by molar-refractivity contribution is 6.43. The first-order chi connectivity index (χ1) is 9.22. The third-order valence-electron chi connectivity index (χ3n) is 2.67. The maximum atomic E-state index is 12.0. The normalized spacial score (nSPS) is 12.3. The Labute approximate surface area is 127 Å². The minimum absolute atomic E-state index is 0.0115. The Hall–Kier alpha value is -1.33. The van der Waals surface area contributed by atoms with E-state index in [1.54, 1.807) is 0 Å². The van der Waals surface area contributed by atoms with Crippen molar-refractivity contribution in [1.82, 2.24) is 5.32 Å².